The molecule has 0 aliphatic heterocycles. The number of pyridine rings is 1. The van der Waals surface area contributed by atoms with Gasteiger partial charge in [0.05, 0.1) is 5.70 Å². The predicted molar refractivity (Wildman–Crippen MR) is 119 cm³/mol. The number of hydrogen-bond donors (Lipinski definition) is 0. The lowest BCUT2D eigenvalue weighted by molar-refractivity contribution is 1.31. The van der Waals surface area contributed by atoms with Gasteiger partial charge in [-0.3, -0.25) is 9.98 Å². The van der Waals surface area contributed by atoms with Gasteiger partial charge in [-0.05, 0) is 68.5 Å². The Labute approximate surface area is 163 Å². The first-order chi connectivity index (χ1) is 12.9. The lowest BCUT2D eigenvalue weighted by atomic mass is 10.0. The molecule has 0 radical (unpaired) electrons. The molecule has 0 atom stereocenters. The van der Waals surface area contributed by atoms with Gasteiger partial charge in [0.2, 0.25) is 0 Å². The highest BCUT2D eigenvalue weighted by molar-refractivity contribution is 6.04. The number of rotatable bonds is 6. The molecule has 0 saturated heterocycles. The predicted octanol–water partition coefficient (Wildman–Crippen LogP) is 6.79. The van der Waals surface area contributed by atoms with Crippen LogP contribution in [0.3, 0.4) is 0 Å². The van der Waals surface area contributed by atoms with Crippen LogP contribution in [0.15, 0.2) is 107 Å². The van der Waals surface area contributed by atoms with Crippen LogP contribution in [0.5, 0.6) is 0 Å². The van der Waals surface area contributed by atoms with Gasteiger partial charge in [0.15, 0.2) is 0 Å². The summed E-state index contributed by atoms with van der Waals surface area (Å²) >= 11 is 0. The molecule has 27 heavy (non-hydrogen) atoms. The molecule has 0 aromatic carbocycles. The highest BCUT2D eigenvalue weighted by Gasteiger charge is 2.05. The van der Waals surface area contributed by atoms with E-state index in [-0.39, 0.29) is 0 Å². The van der Waals surface area contributed by atoms with E-state index in [4.69, 9.17) is 0 Å². The normalized spacial score (nSPS) is 15.8. The third kappa shape index (κ3) is 6.03. The second kappa shape index (κ2) is 9.63. The maximum Gasteiger partial charge on any atom is 0.0634 e. The van der Waals surface area contributed by atoms with E-state index >= 15 is 0 Å². The fourth-order valence-electron chi connectivity index (χ4n) is 2.79. The lowest BCUT2D eigenvalue weighted by Crippen LogP contribution is -1.99. The Bertz CT molecular complexity index is 901. The van der Waals surface area contributed by atoms with Crippen LogP contribution < -0.4 is 0 Å². The summed E-state index contributed by atoms with van der Waals surface area (Å²) in [6.07, 6.45) is 17.5. The van der Waals surface area contributed by atoms with Crippen LogP contribution in [0, 0.1) is 0 Å². The molecule has 0 bridgehead atoms. The van der Waals surface area contributed by atoms with Crippen molar-refractivity contribution in [1.82, 2.24) is 4.98 Å². The maximum absolute atomic E-state index is 4.68. The van der Waals surface area contributed by atoms with E-state index < -0.39 is 0 Å². The molecule has 0 amide bonds. The molecule has 1 aromatic rings. The molecular formula is C25H28N2. The monoisotopic (exact) mass is 356 g/mol. The van der Waals surface area contributed by atoms with E-state index in [0.29, 0.717) is 0 Å². The van der Waals surface area contributed by atoms with Crippen molar-refractivity contribution >= 4 is 11.4 Å². The minimum Gasteiger partial charge on any atom is -0.265 e. The largest absolute Gasteiger partial charge is 0.265 e. The number of aliphatic imine (C=N–C) groups is 1. The molecule has 0 saturated carbocycles. The molecule has 1 aliphatic carbocycles. The van der Waals surface area contributed by atoms with Crippen LogP contribution in [-0.2, 0) is 0 Å². The van der Waals surface area contributed by atoms with Crippen LogP contribution in [0.25, 0.3) is 5.70 Å². The Hall–Kier alpha value is -3.00. The third-order valence-electron chi connectivity index (χ3n) is 4.38. The molecule has 2 heteroatoms. The quantitative estimate of drug-likeness (QED) is 0.407. The van der Waals surface area contributed by atoms with Crippen LogP contribution >= 0.6 is 0 Å². The Kier molecular flexibility index (Phi) is 7.25. The van der Waals surface area contributed by atoms with Gasteiger partial charge in [-0.2, -0.15) is 0 Å². The van der Waals surface area contributed by atoms with E-state index in [2.05, 4.69) is 73.4 Å². The van der Waals surface area contributed by atoms with Crippen LogP contribution in [-0.4, -0.2) is 10.7 Å². The van der Waals surface area contributed by atoms with E-state index in [1.54, 1.807) is 12.4 Å². The SMILES string of the molecule is C=C(C)C(=C\C=C(/C)C1=CC(C)=CCC=C1)/C(C)=N\C(=C)c1ccncc1. The van der Waals surface area contributed by atoms with Crippen molar-refractivity contribution in [2.24, 2.45) is 4.99 Å². The van der Waals surface area contributed by atoms with Gasteiger partial charge < -0.3 is 0 Å². The van der Waals surface area contributed by atoms with Crippen LogP contribution in [0.2, 0.25) is 0 Å². The van der Waals surface area contributed by atoms with Gasteiger partial charge in [-0.15, -0.1) is 0 Å². The summed E-state index contributed by atoms with van der Waals surface area (Å²) in [4.78, 5) is 8.72. The van der Waals surface area contributed by atoms with Crippen molar-refractivity contribution in [3.63, 3.8) is 0 Å². The summed E-state index contributed by atoms with van der Waals surface area (Å²) in [5, 5.41) is 0. The molecule has 2 nitrogen and oxygen atoms in total. The van der Waals surface area contributed by atoms with Gasteiger partial charge >= 0.3 is 0 Å². The molecule has 1 heterocycles. The zero-order valence-electron chi connectivity index (χ0n) is 16.8. The van der Waals surface area contributed by atoms with Crippen LogP contribution in [0.1, 0.15) is 39.7 Å². The van der Waals surface area contributed by atoms with Gasteiger partial charge in [-0.25, -0.2) is 0 Å². The van der Waals surface area contributed by atoms with Crippen molar-refractivity contribution in [1.29, 1.82) is 0 Å². The van der Waals surface area contributed by atoms with E-state index in [1.165, 1.54) is 16.7 Å². The number of nitrogens with zero attached hydrogens (tertiary/aromatic N) is 2. The first kappa shape index (κ1) is 20.3. The van der Waals surface area contributed by atoms with E-state index in [9.17, 15) is 0 Å². The number of aromatic nitrogens is 1. The summed E-state index contributed by atoms with van der Waals surface area (Å²) in [5.41, 5.74) is 8.31. The summed E-state index contributed by atoms with van der Waals surface area (Å²) in [6.45, 7) is 16.5. The summed E-state index contributed by atoms with van der Waals surface area (Å²) in [6, 6.07) is 3.82. The topological polar surface area (TPSA) is 25.2 Å². The molecular weight excluding hydrogens is 328 g/mol. The first-order valence-corrected chi connectivity index (χ1v) is 9.13. The van der Waals surface area contributed by atoms with Crippen molar-refractivity contribution in [2.75, 3.05) is 0 Å². The minimum atomic E-state index is 0.720. The summed E-state index contributed by atoms with van der Waals surface area (Å²) in [5.74, 6) is 0. The van der Waals surface area contributed by atoms with Crippen molar-refractivity contribution in [2.45, 2.75) is 34.1 Å². The Balaban J connectivity index is 2.30. The minimum absolute atomic E-state index is 0.720. The second-order valence-electron chi connectivity index (χ2n) is 6.78. The standard InChI is InChI=1S/C25H28N2/c1-18(2)25(22(6)27-21(5)23-13-15-26-16-14-23)12-11-20(4)24-10-8-7-9-19(3)17-24/h8-17H,1,5,7H2,2-4,6H3/b20-11+,25-12+,27-22-. The average Bonchev–Trinajstić information content (AvgIpc) is 2.86. The van der Waals surface area contributed by atoms with Crippen molar-refractivity contribution < 1.29 is 0 Å². The second-order valence-corrected chi connectivity index (χ2v) is 6.78. The maximum atomic E-state index is 4.68. The zero-order chi connectivity index (χ0) is 19.8. The third-order valence-corrected chi connectivity index (χ3v) is 4.38. The molecule has 0 N–H and O–H groups in total. The number of allylic oxidation sites excluding steroid dienone is 11. The van der Waals surface area contributed by atoms with Gasteiger partial charge in [0.1, 0.15) is 0 Å². The number of hydrogen-bond acceptors (Lipinski definition) is 2. The lowest BCUT2D eigenvalue weighted by Gasteiger charge is -2.08. The summed E-state index contributed by atoms with van der Waals surface area (Å²) in [7, 11) is 0. The molecule has 0 unspecified atom stereocenters. The molecule has 0 fully saturated rings. The fraction of sp³-hybridized carbons (Fsp3) is 0.200. The molecule has 0 spiro atoms. The van der Waals surface area contributed by atoms with E-state index in [0.717, 1.165) is 34.5 Å². The molecule has 2 rings (SSSR count). The molecule has 1 aromatic heterocycles. The van der Waals surface area contributed by atoms with Gasteiger partial charge in [0.25, 0.3) is 0 Å². The Morgan fingerprint density at radius 2 is 1.81 bits per heavy atom. The van der Waals surface area contributed by atoms with E-state index in [1.807, 2.05) is 26.0 Å². The smallest absolute Gasteiger partial charge is 0.0634 e. The Morgan fingerprint density at radius 1 is 1.11 bits per heavy atom. The first-order valence-electron chi connectivity index (χ1n) is 9.13. The zero-order valence-corrected chi connectivity index (χ0v) is 16.8. The highest BCUT2D eigenvalue weighted by atomic mass is 14.8. The highest BCUT2D eigenvalue weighted by Crippen LogP contribution is 2.20. The average molecular weight is 357 g/mol. The van der Waals surface area contributed by atoms with Crippen molar-refractivity contribution in [3.8, 4) is 0 Å². The molecule has 138 valence electrons. The van der Waals surface area contributed by atoms with Gasteiger partial charge in [0, 0.05) is 23.7 Å². The summed E-state index contributed by atoms with van der Waals surface area (Å²) < 4.78 is 0. The molecule has 1 aliphatic rings. The van der Waals surface area contributed by atoms with Crippen LogP contribution in [0.4, 0.5) is 0 Å². The van der Waals surface area contributed by atoms with Gasteiger partial charge in [-0.1, -0.05) is 55.2 Å². The fourth-order valence-corrected chi connectivity index (χ4v) is 2.79. The van der Waals surface area contributed by atoms with Crippen molar-refractivity contribution in [3.05, 3.63) is 108 Å². The Morgan fingerprint density at radius 3 is 2.48 bits per heavy atom.